The first-order chi connectivity index (χ1) is 7.66. The van der Waals surface area contributed by atoms with Gasteiger partial charge in [-0.25, -0.2) is 0 Å². The minimum Gasteiger partial charge on any atom is -0.294 e. The van der Waals surface area contributed by atoms with Gasteiger partial charge in [-0.2, -0.15) is 13.2 Å². The van der Waals surface area contributed by atoms with Crippen molar-refractivity contribution in [2.24, 2.45) is 0 Å². The fourth-order valence-corrected chi connectivity index (χ4v) is 2.29. The number of carbonyl (C=O) groups excluding carboxylic acids is 1. The van der Waals surface area contributed by atoms with Crippen molar-refractivity contribution in [2.75, 3.05) is 0 Å². The molecule has 17 heavy (non-hydrogen) atoms. The van der Waals surface area contributed by atoms with Crippen LogP contribution >= 0.6 is 22.6 Å². The van der Waals surface area contributed by atoms with E-state index < -0.39 is 28.1 Å². The van der Waals surface area contributed by atoms with E-state index in [1.54, 1.807) is 0 Å². The number of carbonyl (C=O) groups is 1. The van der Waals surface area contributed by atoms with Crippen LogP contribution in [0.1, 0.15) is 22.8 Å². The van der Waals surface area contributed by atoms with Gasteiger partial charge < -0.3 is 0 Å². The molecule has 1 aromatic carbocycles. The number of Topliss-reactive ketones (excluding diaryl/α,β-unsaturated/α-hetero) is 1. The number of nitrogens with zero attached hydrogens (tertiary/aromatic N) is 1. The number of nitro benzene ring substituents is 1. The Bertz CT molecular complexity index is 499. The van der Waals surface area contributed by atoms with Gasteiger partial charge in [-0.3, -0.25) is 14.9 Å². The van der Waals surface area contributed by atoms with E-state index in [9.17, 15) is 28.1 Å². The van der Waals surface area contributed by atoms with Gasteiger partial charge in [0.25, 0.3) is 5.69 Å². The van der Waals surface area contributed by atoms with Crippen LogP contribution in [0, 0.1) is 13.7 Å². The second-order valence-corrected chi connectivity index (χ2v) is 4.21. The lowest BCUT2D eigenvalue weighted by Gasteiger charge is -2.10. The molecule has 4 nitrogen and oxygen atoms in total. The highest BCUT2D eigenvalue weighted by Gasteiger charge is 2.40. The van der Waals surface area contributed by atoms with Crippen LogP contribution in [0.2, 0.25) is 0 Å². The summed E-state index contributed by atoms with van der Waals surface area (Å²) in [5, 5.41) is 10.7. The predicted molar refractivity (Wildman–Crippen MR) is 60.8 cm³/mol. The number of halogens is 4. The van der Waals surface area contributed by atoms with Gasteiger partial charge in [0, 0.05) is 5.56 Å². The molecule has 0 unspecified atom stereocenters. The number of hydrogen-bond donors (Lipinski definition) is 0. The SMILES string of the molecule is CC(=O)c1ccc(C(F)(F)F)c([N+](=O)[O-])c1I. The van der Waals surface area contributed by atoms with Crippen LogP contribution in [0.15, 0.2) is 12.1 Å². The summed E-state index contributed by atoms with van der Waals surface area (Å²) in [6.45, 7) is 1.13. The van der Waals surface area contributed by atoms with Crippen molar-refractivity contribution >= 4 is 34.1 Å². The molecule has 0 aliphatic rings. The predicted octanol–water partition coefficient (Wildman–Crippen LogP) is 3.42. The van der Waals surface area contributed by atoms with Crippen molar-refractivity contribution < 1.29 is 22.9 Å². The molecular weight excluding hydrogens is 354 g/mol. The first kappa shape index (κ1) is 13.9. The molecule has 0 bridgehead atoms. The summed E-state index contributed by atoms with van der Waals surface area (Å²) in [4.78, 5) is 20.6. The van der Waals surface area contributed by atoms with Crippen LogP contribution in [0.3, 0.4) is 0 Å². The zero-order valence-corrected chi connectivity index (χ0v) is 10.5. The Balaban J connectivity index is 3.63. The summed E-state index contributed by atoms with van der Waals surface area (Å²) in [6.07, 6.45) is -4.82. The van der Waals surface area contributed by atoms with E-state index >= 15 is 0 Å². The lowest BCUT2D eigenvalue weighted by atomic mass is 10.1. The second kappa shape index (κ2) is 4.59. The Kier molecular flexibility index (Phi) is 3.74. The first-order valence-electron chi connectivity index (χ1n) is 4.21. The van der Waals surface area contributed by atoms with E-state index in [0.29, 0.717) is 6.07 Å². The number of rotatable bonds is 2. The maximum Gasteiger partial charge on any atom is 0.423 e. The van der Waals surface area contributed by atoms with Crippen LogP contribution in [0.25, 0.3) is 0 Å². The molecule has 0 heterocycles. The summed E-state index contributed by atoms with van der Waals surface area (Å²) in [6, 6.07) is 1.50. The van der Waals surface area contributed by atoms with Crippen molar-refractivity contribution in [3.05, 3.63) is 36.9 Å². The van der Waals surface area contributed by atoms with Crippen molar-refractivity contribution in [1.82, 2.24) is 0 Å². The minimum atomic E-state index is -4.82. The summed E-state index contributed by atoms with van der Waals surface area (Å²) >= 11 is 1.37. The maximum atomic E-state index is 12.5. The summed E-state index contributed by atoms with van der Waals surface area (Å²) in [5.41, 5.74) is -2.52. The van der Waals surface area contributed by atoms with Gasteiger partial charge in [-0.05, 0) is 41.6 Å². The fraction of sp³-hybridized carbons (Fsp3) is 0.222. The van der Waals surface area contributed by atoms with Gasteiger partial charge in [0.2, 0.25) is 0 Å². The average Bonchev–Trinajstić information content (AvgIpc) is 2.14. The zero-order valence-electron chi connectivity index (χ0n) is 8.34. The van der Waals surface area contributed by atoms with E-state index in [1.165, 1.54) is 22.6 Å². The molecule has 8 heteroatoms. The maximum absolute atomic E-state index is 12.5. The molecule has 92 valence electrons. The topological polar surface area (TPSA) is 60.2 Å². The third-order valence-corrected chi connectivity index (χ3v) is 3.08. The highest BCUT2D eigenvalue weighted by molar-refractivity contribution is 14.1. The number of benzene rings is 1. The van der Waals surface area contributed by atoms with E-state index in [0.717, 1.165) is 13.0 Å². The van der Waals surface area contributed by atoms with E-state index in [1.807, 2.05) is 0 Å². The Hall–Kier alpha value is -1.19. The van der Waals surface area contributed by atoms with Gasteiger partial charge in [0.05, 0.1) is 4.92 Å². The fourth-order valence-electron chi connectivity index (χ4n) is 1.24. The smallest absolute Gasteiger partial charge is 0.294 e. The third-order valence-electron chi connectivity index (χ3n) is 1.98. The summed E-state index contributed by atoms with van der Waals surface area (Å²) in [7, 11) is 0. The van der Waals surface area contributed by atoms with Crippen LogP contribution in [0.4, 0.5) is 18.9 Å². The third kappa shape index (κ3) is 2.73. The van der Waals surface area contributed by atoms with Crippen LogP contribution in [0.5, 0.6) is 0 Å². The Morgan fingerprint density at radius 3 is 2.29 bits per heavy atom. The highest BCUT2D eigenvalue weighted by Crippen LogP contribution is 2.39. The second-order valence-electron chi connectivity index (χ2n) is 3.13. The molecule has 1 aromatic rings. The van der Waals surface area contributed by atoms with Crippen LogP contribution < -0.4 is 0 Å². The molecule has 0 amide bonds. The van der Waals surface area contributed by atoms with Gasteiger partial charge in [-0.15, -0.1) is 0 Å². The summed E-state index contributed by atoms with van der Waals surface area (Å²) < 4.78 is 37.3. The largest absolute Gasteiger partial charge is 0.423 e. The average molecular weight is 359 g/mol. The first-order valence-corrected chi connectivity index (χ1v) is 5.29. The molecule has 0 N–H and O–H groups in total. The molecule has 0 spiro atoms. The van der Waals surface area contributed by atoms with Crippen molar-refractivity contribution in [2.45, 2.75) is 13.1 Å². The lowest BCUT2D eigenvalue weighted by Crippen LogP contribution is -2.12. The normalized spacial score (nSPS) is 11.4. The zero-order chi connectivity index (χ0) is 13.4. The van der Waals surface area contributed by atoms with E-state index in [-0.39, 0.29) is 9.13 Å². The Labute approximate surface area is 107 Å². The summed E-state index contributed by atoms with van der Waals surface area (Å²) in [5.74, 6) is -0.522. The molecule has 1 rings (SSSR count). The molecule has 0 saturated heterocycles. The molecule has 0 aromatic heterocycles. The molecule has 0 atom stereocenters. The van der Waals surface area contributed by atoms with Crippen molar-refractivity contribution in [3.8, 4) is 0 Å². The van der Waals surface area contributed by atoms with Gasteiger partial charge in [0.15, 0.2) is 5.78 Å². The molecule has 0 saturated carbocycles. The highest BCUT2D eigenvalue weighted by atomic mass is 127. The molecule has 0 radical (unpaired) electrons. The molecule has 0 aliphatic heterocycles. The monoisotopic (exact) mass is 359 g/mol. The number of alkyl halides is 3. The Morgan fingerprint density at radius 2 is 1.94 bits per heavy atom. The minimum absolute atomic E-state index is 0.0923. The van der Waals surface area contributed by atoms with Crippen molar-refractivity contribution in [1.29, 1.82) is 0 Å². The van der Waals surface area contributed by atoms with Crippen molar-refractivity contribution in [3.63, 3.8) is 0 Å². The quantitative estimate of drug-likeness (QED) is 0.352. The van der Waals surface area contributed by atoms with Crippen LogP contribution in [-0.4, -0.2) is 10.7 Å². The Morgan fingerprint density at radius 1 is 1.41 bits per heavy atom. The van der Waals surface area contributed by atoms with Gasteiger partial charge in [-0.1, -0.05) is 0 Å². The van der Waals surface area contributed by atoms with E-state index in [4.69, 9.17) is 0 Å². The van der Waals surface area contributed by atoms with Crippen LogP contribution in [-0.2, 0) is 6.18 Å². The van der Waals surface area contributed by atoms with E-state index in [2.05, 4.69) is 0 Å². The van der Waals surface area contributed by atoms with Gasteiger partial charge >= 0.3 is 6.18 Å². The standard InChI is InChI=1S/C9H5F3INO3/c1-4(15)5-2-3-6(9(10,11)12)8(7(5)13)14(16)17/h2-3H,1H3. The number of ketones is 1. The molecule has 0 aliphatic carbocycles. The van der Waals surface area contributed by atoms with Gasteiger partial charge in [0.1, 0.15) is 9.13 Å². The number of nitro groups is 1. The lowest BCUT2D eigenvalue weighted by molar-refractivity contribution is -0.389. The molecule has 0 fully saturated rings. The molecular formula is C9H5F3INO3. The number of hydrogen-bond acceptors (Lipinski definition) is 3.